The number of amides is 1. The summed E-state index contributed by atoms with van der Waals surface area (Å²) in [6, 6.07) is 14.9. The fraction of sp³-hybridized carbons (Fsp3) is 0.500. The van der Waals surface area contributed by atoms with Gasteiger partial charge in [0.05, 0.1) is 11.6 Å². The van der Waals surface area contributed by atoms with Crippen LogP contribution in [0.15, 0.2) is 47.5 Å². The van der Waals surface area contributed by atoms with E-state index in [-0.39, 0.29) is 5.92 Å². The first kappa shape index (κ1) is 24.7. The summed E-state index contributed by atoms with van der Waals surface area (Å²) in [5.41, 5.74) is 5.06. The third kappa shape index (κ3) is 5.64. The maximum absolute atomic E-state index is 13.3. The van der Waals surface area contributed by atoms with Crippen LogP contribution >= 0.6 is 11.6 Å². The van der Waals surface area contributed by atoms with Gasteiger partial charge < -0.3 is 14.7 Å². The number of aryl methyl sites for hydroxylation is 1. The summed E-state index contributed by atoms with van der Waals surface area (Å²) in [4.78, 5) is 24.9. The molecule has 0 spiro atoms. The van der Waals surface area contributed by atoms with Gasteiger partial charge in [-0.05, 0) is 83.5 Å². The van der Waals surface area contributed by atoms with Crippen LogP contribution in [0.3, 0.4) is 0 Å². The van der Waals surface area contributed by atoms with Gasteiger partial charge in [0.1, 0.15) is 0 Å². The highest BCUT2D eigenvalue weighted by atomic mass is 35.5. The van der Waals surface area contributed by atoms with E-state index >= 15 is 0 Å². The molecular formula is C28H37ClN4O. The van der Waals surface area contributed by atoms with Crippen LogP contribution in [0.1, 0.15) is 43.7 Å². The topological polar surface area (TPSA) is 39.2 Å². The molecule has 182 valence electrons. The minimum atomic E-state index is 0.0607. The third-order valence-corrected chi connectivity index (χ3v) is 7.72. The predicted molar refractivity (Wildman–Crippen MR) is 143 cm³/mol. The van der Waals surface area contributed by atoms with E-state index in [1.54, 1.807) is 0 Å². The third-order valence-electron chi connectivity index (χ3n) is 7.39. The Kier molecular flexibility index (Phi) is 7.95. The molecule has 0 aromatic heterocycles. The normalized spacial score (nSPS) is 20.2. The minimum absolute atomic E-state index is 0.0607. The summed E-state index contributed by atoms with van der Waals surface area (Å²) in [5.74, 6) is 0.388. The van der Waals surface area contributed by atoms with E-state index in [2.05, 4.69) is 53.9 Å². The maximum atomic E-state index is 13.3. The standard InChI is InChI=1S/C28H37ClN4O/c1-20-8-5-6-10-27(20)30-21(2)25-18-24(11-12-26(25)29)33-15-7-9-22(19-33)28(34)32-16-13-23(14-17-32)31(3)4/h5-6,8,10-12,18,22-23H,7,9,13-17,19H2,1-4H3/t22-/m1/s1. The van der Waals surface area contributed by atoms with Crippen molar-refractivity contribution in [2.24, 2.45) is 10.9 Å². The molecule has 6 heteroatoms. The van der Waals surface area contributed by atoms with Crippen LogP contribution in [-0.4, -0.2) is 67.7 Å². The van der Waals surface area contributed by atoms with Crippen molar-refractivity contribution in [3.63, 3.8) is 0 Å². The Bertz CT molecular complexity index is 1040. The van der Waals surface area contributed by atoms with Crippen LogP contribution in [0.2, 0.25) is 5.02 Å². The number of hydrogen-bond acceptors (Lipinski definition) is 4. The molecule has 0 radical (unpaired) electrons. The number of likely N-dealkylation sites (tertiary alicyclic amines) is 1. The maximum Gasteiger partial charge on any atom is 0.227 e. The smallest absolute Gasteiger partial charge is 0.227 e. The Labute approximate surface area is 209 Å². The number of rotatable bonds is 5. The fourth-order valence-electron chi connectivity index (χ4n) is 5.19. The van der Waals surface area contributed by atoms with Crippen LogP contribution < -0.4 is 4.90 Å². The second kappa shape index (κ2) is 10.9. The van der Waals surface area contributed by atoms with Crippen molar-refractivity contribution in [3.8, 4) is 0 Å². The molecule has 1 atom stereocenters. The van der Waals surface area contributed by atoms with Crippen LogP contribution in [0.5, 0.6) is 0 Å². The molecular weight excluding hydrogens is 444 g/mol. The number of anilines is 1. The van der Waals surface area contributed by atoms with Crippen LogP contribution in [0.4, 0.5) is 11.4 Å². The highest BCUT2D eigenvalue weighted by Crippen LogP contribution is 2.30. The summed E-state index contributed by atoms with van der Waals surface area (Å²) in [6.07, 6.45) is 4.13. The Hall–Kier alpha value is -2.37. The van der Waals surface area contributed by atoms with E-state index in [9.17, 15) is 4.79 Å². The molecule has 2 aromatic rings. The van der Waals surface area contributed by atoms with E-state index in [0.29, 0.717) is 17.0 Å². The molecule has 2 heterocycles. The quantitative estimate of drug-likeness (QED) is 0.526. The fourth-order valence-corrected chi connectivity index (χ4v) is 5.45. The molecule has 0 bridgehead atoms. The molecule has 0 N–H and O–H groups in total. The predicted octanol–water partition coefficient (Wildman–Crippen LogP) is 5.56. The highest BCUT2D eigenvalue weighted by Gasteiger charge is 2.32. The number of aliphatic imine (C=N–C) groups is 1. The number of piperidine rings is 2. The molecule has 0 saturated carbocycles. The zero-order valence-electron chi connectivity index (χ0n) is 20.9. The zero-order chi connectivity index (χ0) is 24.2. The number of halogens is 1. The average Bonchev–Trinajstić information content (AvgIpc) is 2.85. The van der Waals surface area contributed by atoms with Gasteiger partial charge >= 0.3 is 0 Å². The Morgan fingerprint density at radius 1 is 1.06 bits per heavy atom. The Morgan fingerprint density at radius 3 is 2.50 bits per heavy atom. The number of nitrogens with zero attached hydrogens (tertiary/aromatic N) is 4. The van der Waals surface area contributed by atoms with Crippen molar-refractivity contribution in [2.75, 3.05) is 45.2 Å². The molecule has 34 heavy (non-hydrogen) atoms. The van der Waals surface area contributed by atoms with Crippen molar-refractivity contribution in [1.82, 2.24) is 9.80 Å². The lowest BCUT2D eigenvalue weighted by atomic mass is 9.94. The zero-order valence-corrected chi connectivity index (χ0v) is 21.7. The van der Waals surface area contributed by atoms with Crippen LogP contribution in [0, 0.1) is 12.8 Å². The lowest BCUT2D eigenvalue weighted by Gasteiger charge is -2.39. The van der Waals surface area contributed by atoms with E-state index in [1.807, 2.05) is 31.2 Å². The van der Waals surface area contributed by atoms with Gasteiger partial charge in [-0.25, -0.2) is 0 Å². The van der Waals surface area contributed by atoms with Gasteiger partial charge in [0.25, 0.3) is 0 Å². The first-order chi connectivity index (χ1) is 16.3. The van der Waals surface area contributed by atoms with Crippen molar-refractivity contribution in [2.45, 2.75) is 45.6 Å². The number of carbonyl (C=O) groups excluding carboxylic acids is 1. The van der Waals surface area contributed by atoms with Crippen molar-refractivity contribution < 1.29 is 4.79 Å². The van der Waals surface area contributed by atoms with Gasteiger partial charge in [-0.2, -0.15) is 0 Å². The molecule has 2 saturated heterocycles. The monoisotopic (exact) mass is 480 g/mol. The van der Waals surface area contributed by atoms with Gasteiger partial charge in [0, 0.05) is 54.2 Å². The molecule has 5 nitrogen and oxygen atoms in total. The molecule has 4 rings (SSSR count). The van der Waals surface area contributed by atoms with Gasteiger partial charge in [0.15, 0.2) is 0 Å². The minimum Gasteiger partial charge on any atom is -0.371 e. The molecule has 2 fully saturated rings. The van der Waals surface area contributed by atoms with Crippen molar-refractivity contribution in [1.29, 1.82) is 0 Å². The Balaban J connectivity index is 1.47. The van der Waals surface area contributed by atoms with Crippen molar-refractivity contribution in [3.05, 3.63) is 58.6 Å². The number of hydrogen-bond donors (Lipinski definition) is 0. The summed E-state index contributed by atoms with van der Waals surface area (Å²) < 4.78 is 0. The van der Waals surface area contributed by atoms with Gasteiger partial charge in [-0.3, -0.25) is 9.79 Å². The summed E-state index contributed by atoms with van der Waals surface area (Å²) in [5, 5.41) is 0.701. The van der Waals surface area contributed by atoms with E-state index in [1.165, 1.54) is 0 Å². The molecule has 0 unspecified atom stereocenters. The number of para-hydroxylation sites is 1. The molecule has 1 amide bonds. The SMILES string of the molecule is CC(=Nc1ccccc1C)c1cc(N2CCC[C@@H](C(=O)N3CCC(N(C)C)CC3)C2)ccc1Cl. The second-order valence-corrected chi connectivity index (χ2v) is 10.4. The van der Waals surface area contributed by atoms with Gasteiger partial charge in [0.2, 0.25) is 5.91 Å². The van der Waals surface area contributed by atoms with E-state index in [0.717, 1.165) is 80.1 Å². The van der Waals surface area contributed by atoms with E-state index in [4.69, 9.17) is 16.6 Å². The van der Waals surface area contributed by atoms with Crippen molar-refractivity contribution >= 4 is 34.6 Å². The summed E-state index contributed by atoms with van der Waals surface area (Å²) in [7, 11) is 4.27. The largest absolute Gasteiger partial charge is 0.371 e. The van der Waals surface area contributed by atoms with E-state index < -0.39 is 0 Å². The summed E-state index contributed by atoms with van der Waals surface area (Å²) in [6.45, 7) is 7.55. The van der Waals surface area contributed by atoms with Crippen LogP contribution in [0.25, 0.3) is 0 Å². The Morgan fingerprint density at radius 2 is 1.79 bits per heavy atom. The highest BCUT2D eigenvalue weighted by molar-refractivity contribution is 6.34. The average molecular weight is 481 g/mol. The lowest BCUT2D eigenvalue weighted by Crippen LogP contribution is -2.49. The number of benzene rings is 2. The van der Waals surface area contributed by atoms with Gasteiger partial charge in [-0.1, -0.05) is 29.8 Å². The summed E-state index contributed by atoms with van der Waals surface area (Å²) >= 11 is 6.59. The molecule has 2 aliphatic rings. The first-order valence-electron chi connectivity index (χ1n) is 12.4. The number of carbonyl (C=O) groups is 1. The lowest BCUT2D eigenvalue weighted by molar-refractivity contribution is -0.137. The van der Waals surface area contributed by atoms with Crippen LogP contribution in [-0.2, 0) is 4.79 Å². The first-order valence-corrected chi connectivity index (χ1v) is 12.8. The molecule has 2 aliphatic heterocycles. The molecule has 2 aromatic carbocycles. The second-order valence-electron chi connectivity index (χ2n) is 9.95. The van der Waals surface area contributed by atoms with Gasteiger partial charge in [-0.15, -0.1) is 0 Å². The molecule has 0 aliphatic carbocycles.